The van der Waals surface area contributed by atoms with Crippen LogP contribution in [0.3, 0.4) is 0 Å². The van der Waals surface area contributed by atoms with Gasteiger partial charge in [0.25, 0.3) is 5.91 Å². The molecule has 0 aliphatic heterocycles. The molecule has 128 valence electrons. The molecular weight excluding hydrogens is 302 g/mol. The molecule has 0 spiro atoms. The van der Waals surface area contributed by atoms with Gasteiger partial charge in [0, 0.05) is 0 Å². The molecule has 0 aliphatic rings. The molecule has 4 heteroatoms. The second kappa shape index (κ2) is 9.60. The van der Waals surface area contributed by atoms with E-state index in [4.69, 9.17) is 9.47 Å². The van der Waals surface area contributed by atoms with Crippen LogP contribution in [0.4, 0.5) is 0 Å². The molecule has 0 fully saturated rings. The van der Waals surface area contributed by atoms with E-state index >= 15 is 0 Å². The van der Waals surface area contributed by atoms with Crippen molar-refractivity contribution in [1.29, 1.82) is 0 Å². The van der Waals surface area contributed by atoms with Gasteiger partial charge in [-0.3, -0.25) is 4.79 Å². The van der Waals surface area contributed by atoms with Gasteiger partial charge < -0.3 is 14.8 Å². The van der Waals surface area contributed by atoms with Crippen LogP contribution < -0.4 is 14.8 Å². The van der Waals surface area contributed by atoms with Gasteiger partial charge in [0.05, 0.1) is 6.54 Å². The van der Waals surface area contributed by atoms with Gasteiger partial charge in [0.2, 0.25) is 0 Å². The van der Waals surface area contributed by atoms with Crippen molar-refractivity contribution in [1.82, 2.24) is 5.32 Å². The minimum absolute atomic E-state index is 0.0116. The first-order valence-electron chi connectivity index (χ1n) is 8.35. The van der Waals surface area contributed by atoms with Gasteiger partial charge in [-0.1, -0.05) is 43.2 Å². The maximum Gasteiger partial charge on any atom is 0.258 e. The number of amides is 1. The molecule has 0 radical (unpaired) electrons. The molecule has 1 amide bonds. The lowest BCUT2D eigenvalue weighted by molar-refractivity contribution is -0.123. The van der Waals surface area contributed by atoms with Crippen molar-refractivity contribution in [3.05, 3.63) is 59.7 Å². The molecule has 0 bridgehead atoms. The number of benzene rings is 2. The Morgan fingerprint density at radius 3 is 2.25 bits per heavy atom. The quantitative estimate of drug-likeness (QED) is 0.717. The van der Waals surface area contributed by atoms with E-state index in [2.05, 4.69) is 12.2 Å². The van der Waals surface area contributed by atoms with Crippen molar-refractivity contribution in [2.75, 3.05) is 19.8 Å². The van der Waals surface area contributed by atoms with Gasteiger partial charge in [0.1, 0.15) is 18.1 Å². The van der Waals surface area contributed by atoms with Crippen LogP contribution in [0.2, 0.25) is 0 Å². The Morgan fingerprint density at radius 1 is 0.958 bits per heavy atom. The third kappa shape index (κ3) is 6.32. The van der Waals surface area contributed by atoms with E-state index in [1.54, 1.807) is 0 Å². The Balaban J connectivity index is 1.61. The molecule has 1 N–H and O–H groups in total. The minimum atomic E-state index is -0.153. The number of ether oxygens (including phenoxy) is 2. The summed E-state index contributed by atoms with van der Waals surface area (Å²) in [5, 5.41) is 2.78. The second-order valence-corrected chi connectivity index (χ2v) is 5.69. The Kier molecular flexibility index (Phi) is 7.15. The summed E-state index contributed by atoms with van der Waals surface area (Å²) in [7, 11) is 0. The van der Waals surface area contributed by atoms with Gasteiger partial charge in [-0.2, -0.15) is 0 Å². The highest BCUT2D eigenvalue weighted by Gasteiger charge is 2.03. The summed E-state index contributed by atoms with van der Waals surface area (Å²) in [5.41, 5.74) is 2.47. The number of carbonyl (C=O) groups is 1. The Bertz CT molecular complexity index is 620. The molecule has 0 atom stereocenters. The number of carbonyl (C=O) groups excluding carboxylic acids is 1. The van der Waals surface area contributed by atoms with Gasteiger partial charge in [-0.05, 0) is 43.2 Å². The van der Waals surface area contributed by atoms with Crippen molar-refractivity contribution in [2.45, 2.75) is 26.7 Å². The number of rotatable bonds is 9. The highest BCUT2D eigenvalue weighted by atomic mass is 16.5. The van der Waals surface area contributed by atoms with E-state index in [1.807, 2.05) is 55.5 Å². The maximum atomic E-state index is 11.8. The second-order valence-electron chi connectivity index (χ2n) is 5.69. The van der Waals surface area contributed by atoms with Crippen molar-refractivity contribution in [3.8, 4) is 11.5 Å². The molecule has 0 unspecified atom stereocenters. The molecule has 0 aliphatic carbocycles. The van der Waals surface area contributed by atoms with Crippen molar-refractivity contribution in [3.63, 3.8) is 0 Å². The molecule has 24 heavy (non-hydrogen) atoms. The molecular formula is C20H25NO3. The van der Waals surface area contributed by atoms with E-state index in [9.17, 15) is 4.79 Å². The number of hydrogen-bond donors (Lipinski definition) is 1. The first-order chi connectivity index (χ1) is 11.7. The zero-order valence-corrected chi connectivity index (χ0v) is 14.4. The lowest BCUT2D eigenvalue weighted by Gasteiger charge is -2.09. The molecule has 0 aromatic heterocycles. The smallest absolute Gasteiger partial charge is 0.258 e. The summed E-state index contributed by atoms with van der Waals surface area (Å²) in [6.45, 7) is 5.07. The predicted molar refractivity (Wildman–Crippen MR) is 95.6 cm³/mol. The van der Waals surface area contributed by atoms with Crippen molar-refractivity contribution in [2.24, 2.45) is 0 Å². The number of hydrogen-bond acceptors (Lipinski definition) is 3. The molecule has 4 nitrogen and oxygen atoms in total. The van der Waals surface area contributed by atoms with Crippen molar-refractivity contribution < 1.29 is 14.3 Å². The Morgan fingerprint density at radius 2 is 1.58 bits per heavy atom. The number of nitrogens with one attached hydrogen (secondary N) is 1. The highest BCUT2D eigenvalue weighted by molar-refractivity contribution is 5.77. The van der Waals surface area contributed by atoms with E-state index in [-0.39, 0.29) is 12.5 Å². The van der Waals surface area contributed by atoms with E-state index in [0.29, 0.717) is 18.9 Å². The molecule has 0 saturated carbocycles. The monoisotopic (exact) mass is 327 g/mol. The van der Waals surface area contributed by atoms with Gasteiger partial charge in [-0.25, -0.2) is 0 Å². The predicted octanol–water partition coefficient (Wildman–Crippen LogP) is 3.52. The summed E-state index contributed by atoms with van der Waals surface area (Å²) >= 11 is 0. The number of aryl methyl sites for hydroxylation is 2. The van der Waals surface area contributed by atoms with Crippen molar-refractivity contribution >= 4 is 5.91 Å². The summed E-state index contributed by atoms with van der Waals surface area (Å²) in [5.74, 6) is 1.36. The lowest BCUT2D eigenvalue weighted by Crippen LogP contribution is -2.32. The van der Waals surface area contributed by atoms with E-state index in [1.165, 1.54) is 11.1 Å². The summed E-state index contributed by atoms with van der Waals surface area (Å²) in [4.78, 5) is 11.8. The molecule has 2 rings (SSSR count). The zero-order valence-electron chi connectivity index (χ0n) is 14.4. The van der Waals surface area contributed by atoms with Crippen LogP contribution in [0.25, 0.3) is 0 Å². The Hall–Kier alpha value is -2.49. The summed E-state index contributed by atoms with van der Waals surface area (Å²) in [6.07, 6.45) is 2.18. The van der Waals surface area contributed by atoms with E-state index in [0.717, 1.165) is 18.6 Å². The first-order valence-corrected chi connectivity index (χ1v) is 8.35. The largest absolute Gasteiger partial charge is 0.492 e. The average Bonchev–Trinajstić information content (AvgIpc) is 2.60. The van der Waals surface area contributed by atoms with E-state index < -0.39 is 0 Å². The standard InChI is InChI=1S/C20H25NO3/c1-3-4-17-7-11-19(12-8-17)24-15-20(22)21-13-14-23-18-9-5-16(2)6-10-18/h5-12H,3-4,13-15H2,1-2H3,(H,21,22). The van der Waals surface area contributed by atoms with Crippen LogP contribution in [0.5, 0.6) is 11.5 Å². The fraction of sp³-hybridized carbons (Fsp3) is 0.350. The highest BCUT2D eigenvalue weighted by Crippen LogP contribution is 2.13. The molecule has 2 aromatic carbocycles. The average molecular weight is 327 g/mol. The molecule has 0 saturated heterocycles. The van der Waals surface area contributed by atoms with Crippen LogP contribution in [0.1, 0.15) is 24.5 Å². The fourth-order valence-electron chi connectivity index (χ4n) is 2.23. The van der Waals surface area contributed by atoms with Gasteiger partial charge in [-0.15, -0.1) is 0 Å². The third-order valence-electron chi connectivity index (χ3n) is 3.55. The molecule has 2 aromatic rings. The SMILES string of the molecule is CCCc1ccc(OCC(=O)NCCOc2ccc(C)cc2)cc1. The molecule has 0 heterocycles. The Labute approximate surface area is 143 Å². The fourth-order valence-corrected chi connectivity index (χ4v) is 2.23. The summed E-state index contributed by atoms with van der Waals surface area (Å²) in [6, 6.07) is 15.7. The maximum absolute atomic E-state index is 11.8. The summed E-state index contributed by atoms with van der Waals surface area (Å²) < 4.78 is 11.0. The normalized spacial score (nSPS) is 10.2. The third-order valence-corrected chi connectivity index (χ3v) is 3.55. The van der Waals surface area contributed by atoms with Crippen LogP contribution in [-0.4, -0.2) is 25.7 Å². The van der Waals surface area contributed by atoms with Gasteiger partial charge in [0.15, 0.2) is 6.61 Å². The van der Waals surface area contributed by atoms with Gasteiger partial charge >= 0.3 is 0 Å². The van der Waals surface area contributed by atoms with Crippen LogP contribution >= 0.6 is 0 Å². The first kappa shape index (κ1) is 17.9. The topological polar surface area (TPSA) is 47.6 Å². The zero-order chi connectivity index (χ0) is 17.2. The lowest BCUT2D eigenvalue weighted by atomic mass is 10.1. The van der Waals surface area contributed by atoms with Crippen LogP contribution in [0.15, 0.2) is 48.5 Å². The minimum Gasteiger partial charge on any atom is -0.492 e. The van der Waals surface area contributed by atoms with Crippen LogP contribution in [-0.2, 0) is 11.2 Å². The van der Waals surface area contributed by atoms with Crippen LogP contribution in [0, 0.1) is 6.92 Å².